The van der Waals surface area contributed by atoms with E-state index < -0.39 is 11.9 Å². The monoisotopic (exact) mass is 342 g/mol. The number of rotatable bonds is 5. The molecule has 0 atom stereocenters. The maximum Gasteiger partial charge on any atom is 0.345 e. The fraction of sp³-hybridized carbons (Fsp3) is 0.308. The van der Waals surface area contributed by atoms with Crippen LogP contribution in [0.2, 0.25) is 0 Å². The molecule has 108 valence electrons. The van der Waals surface area contributed by atoms with E-state index in [-0.39, 0.29) is 28.9 Å². The fourth-order valence-electron chi connectivity index (χ4n) is 1.32. The summed E-state index contributed by atoms with van der Waals surface area (Å²) >= 11 is 3.09. The summed E-state index contributed by atoms with van der Waals surface area (Å²) in [6.07, 6.45) is 2.77. The predicted octanol–water partition coefficient (Wildman–Crippen LogP) is 2.14. The van der Waals surface area contributed by atoms with Gasteiger partial charge in [0, 0.05) is 6.20 Å². The van der Waals surface area contributed by atoms with Gasteiger partial charge in [0.15, 0.2) is 0 Å². The second kappa shape index (κ2) is 7.64. The molecule has 1 aromatic rings. The Kier molecular flexibility index (Phi) is 6.17. The van der Waals surface area contributed by atoms with E-state index in [1.165, 1.54) is 18.3 Å². The van der Waals surface area contributed by atoms with Gasteiger partial charge in [-0.2, -0.15) is 0 Å². The second-order valence-electron chi connectivity index (χ2n) is 3.63. The summed E-state index contributed by atoms with van der Waals surface area (Å²) in [7, 11) is 0. The van der Waals surface area contributed by atoms with Gasteiger partial charge in [0.05, 0.1) is 30.2 Å². The summed E-state index contributed by atoms with van der Waals surface area (Å²) in [5.41, 5.74) is 6.67. The third-order valence-electron chi connectivity index (χ3n) is 2.19. The van der Waals surface area contributed by atoms with E-state index in [9.17, 15) is 9.59 Å². The molecule has 0 bridgehead atoms. The largest absolute Gasteiger partial charge is 0.462 e. The Balaban J connectivity index is 2.96. The maximum absolute atomic E-state index is 11.5. The number of nitrogens with two attached hydrogens (primary N) is 1. The molecule has 0 saturated heterocycles. The quantitative estimate of drug-likeness (QED) is 0.651. The van der Waals surface area contributed by atoms with Gasteiger partial charge in [-0.25, -0.2) is 9.59 Å². The lowest BCUT2D eigenvalue weighted by Crippen LogP contribution is -2.07. The van der Waals surface area contributed by atoms with E-state index >= 15 is 0 Å². The molecule has 0 spiro atoms. The third kappa shape index (κ3) is 4.34. The highest BCUT2D eigenvalue weighted by Crippen LogP contribution is 2.18. The Morgan fingerprint density at radius 3 is 2.55 bits per heavy atom. The van der Waals surface area contributed by atoms with Crippen LogP contribution in [0.4, 0.5) is 5.69 Å². The van der Waals surface area contributed by atoms with Gasteiger partial charge in [-0.1, -0.05) is 0 Å². The molecule has 7 heteroatoms. The first-order chi connectivity index (χ1) is 9.49. The molecule has 0 saturated carbocycles. The molecule has 20 heavy (non-hydrogen) atoms. The molecule has 0 aliphatic heterocycles. The number of hydrogen-bond donors (Lipinski definition) is 1. The average Bonchev–Trinajstić information content (AvgIpc) is 2.41. The van der Waals surface area contributed by atoms with Crippen LogP contribution in [-0.2, 0) is 14.3 Å². The van der Waals surface area contributed by atoms with Gasteiger partial charge in [-0.15, -0.1) is 0 Å². The molecule has 0 radical (unpaired) electrons. The number of nitrogens with zero attached hydrogens (tertiary/aromatic N) is 1. The lowest BCUT2D eigenvalue weighted by atomic mass is 10.2. The van der Waals surface area contributed by atoms with Crippen LogP contribution in [0.15, 0.2) is 16.7 Å². The summed E-state index contributed by atoms with van der Waals surface area (Å²) in [6, 6.07) is 1.45. The summed E-state index contributed by atoms with van der Waals surface area (Å²) in [5.74, 6) is -1.00. The molecule has 0 aromatic carbocycles. The van der Waals surface area contributed by atoms with Crippen LogP contribution in [0.5, 0.6) is 0 Å². The Morgan fingerprint density at radius 1 is 1.35 bits per heavy atom. The van der Waals surface area contributed by atoms with Crippen LogP contribution in [0.1, 0.15) is 29.9 Å². The number of anilines is 1. The van der Waals surface area contributed by atoms with Crippen LogP contribution in [0, 0.1) is 0 Å². The molecular weight excluding hydrogens is 328 g/mol. The van der Waals surface area contributed by atoms with Gasteiger partial charge in [0.25, 0.3) is 0 Å². The van der Waals surface area contributed by atoms with Gasteiger partial charge in [0.2, 0.25) is 0 Å². The first-order valence-corrected chi connectivity index (χ1v) is 6.75. The lowest BCUT2D eigenvalue weighted by Gasteiger charge is -2.05. The number of esters is 2. The number of carbonyl (C=O) groups is 2. The summed E-state index contributed by atoms with van der Waals surface area (Å²) < 4.78 is 9.85. The molecule has 1 heterocycles. The van der Waals surface area contributed by atoms with Gasteiger partial charge in [-0.3, -0.25) is 4.98 Å². The van der Waals surface area contributed by atoms with Crippen LogP contribution in [0.3, 0.4) is 0 Å². The highest BCUT2D eigenvalue weighted by molar-refractivity contribution is 9.12. The second-order valence-corrected chi connectivity index (χ2v) is 4.49. The van der Waals surface area contributed by atoms with Crippen molar-refractivity contribution < 1.29 is 19.1 Å². The van der Waals surface area contributed by atoms with Crippen molar-refractivity contribution in [2.75, 3.05) is 18.9 Å². The van der Waals surface area contributed by atoms with E-state index in [4.69, 9.17) is 15.2 Å². The molecule has 0 unspecified atom stereocenters. The minimum atomic E-state index is -0.511. The van der Waals surface area contributed by atoms with Gasteiger partial charge < -0.3 is 15.2 Å². The molecule has 2 N–H and O–H groups in total. The van der Waals surface area contributed by atoms with Gasteiger partial charge in [0.1, 0.15) is 4.48 Å². The molecule has 1 rings (SSSR count). The number of halogens is 1. The minimum absolute atomic E-state index is 0.197. The zero-order valence-corrected chi connectivity index (χ0v) is 12.8. The normalized spacial score (nSPS) is 11.1. The van der Waals surface area contributed by atoms with Crippen LogP contribution in [-0.4, -0.2) is 30.1 Å². The predicted molar refractivity (Wildman–Crippen MR) is 78.1 cm³/mol. The Morgan fingerprint density at radius 2 is 2.00 bits per heavy atom. The summed E-state index contributed by atoms with van der Waals surface area (Å²) in [5, 5.41) is 0. The van der Waals surface area contributed by atoms with E-state index in [1.54, 1.807) is 13.8 Å². The highest BCUT2D eigenvalue weighted by Gasteiger charge is 2.12. The third-order valence-corrected chi connectivity index (χ3v) is 2.75. The zero-order valence-electron chi connectivity index (χ0n) is 11.2. The summed E-state index contributed by atoms with van der Waals surface area (Å²) in [4.78, 5) is 27.0. The van der Waals surface area contributed by atoms with Crippen molar-refractivity contribution in [2.24, 2.45) is 0 Å². The SMILES string of the molecule is CCOC(=O)C(Br)=Cc1ncc(C(=O)OCC)cc1N. The average molecular weight is 343 g/mol. The van der Waals surface area contributed by atoms with Crippen molar-refractivity contribution in [2.45, 2.75) is 13.8 Å². The topological polar surface area (TPSA) is 91.5 Å². The summed E-state index contributed by atoms with van der Waals surface area (Å²) in [6.45, 7) is 3.96. The molecule has 0 aliphatic rings. The van der Waals surface area contributed by atoms with E-state index in [0.717, 1.165) is 0 Å². The number of pyridine rings is 1. The standard InChI is InChI=1S/C13H15BrN2O4/c1-3-19-12(17)8-5-10(15)11(16-7-8)6-9(14)13(18)20-4-2/h5-7H,3-4,15H2,1-2H3. The molecule has 0 amide bonds. The number of aromatic nitrogens is 1. The van der Waals surface area contributed by atoms with Crippen molar-refractivity contribution in [1.29, 1.82) is 0 Å². The van der Waals surface area contributed by atoms with Crippen molar-refractivity contribution >= 4 is 39.6 Å². The van der Waals surface area contributed by atoms with E-state index in [0.29, 0.717) is 5.69 Å². The highest BCUT2D eigenvalue weighted by atomic mass is 79.9. The first kappa shape index (κ1) is 16.2. The van der Waals surface area contributed by atoms with Crippen molar-refractivity contribution in [3.63, 3.8) is 0 Å². The van der Waals surface area contributed by atoms with Crippen LogP contribution >= 0.6 is 15.9 Å². The van der Waals surface area contributed by atoms with Crippen LogP contribution < -0.4 is 5.73 Å². The van der Waals surface area contributed by atoms with Crippen LogP contribution in [0.25, 0.3) is 6.08 Å². The van der Waals surface area contributed by atoms with Crippen molar-refractivity contribution in [3.05, 3.63) is 28.0 Å². The molecule has 0 fully saturated rings. The molecule has 1 aromatic heterocycles. The molecular formula is C13H15BrN2O4. The van der Waals surface area contributed by atoms with E-state index in [2.05, 4.69) is 20.9 Å². The number of carbonyl (C=O) groups excluding carboxylic acids is 2. The maximum atomic E-state index is 11.5. The smallest absolute Gasteiger partial charge is 0.345 e. The number of nitrogen functional groups attached to an aromatic ring is 1. The molecule has 0 aliphatic carbocycles. The first-order valence-electron chi connectivity index (χ1n) is 5.96. The fourth-order valence-corrected chi connectivity index (χ4v) is 1.65. The minimum Gasteiger partial charge on any atom is -0.462 e. The lowest BCUT2D eigenvalue weighted by molar-refractivity contribution is -0.137. The van der Waals surface area contributed by atoms with E-state index in [1.807, 2.05) is 0 Å². The Hall–Kier alpha value is -1.89. The number of ether oxygens (including phenoxy) is 2. The van der Waals surface area contributed by atoms with Gasteiger partial charge >= 0.3 is 11.9 Å². The zero-order chi connectivity index (χ0) is 15.1. The number of hydrogen-bond acceptors (Lipinski definition) is 6. The van der Waals surface area contributed by atoms with Crippen molar-refractivity contribution in [3.8, 4) is 0 Å². The molecule has 6 nitrogen and oxygen atoms in total. The van der Waals surface area contributed by atoms with Gasteiger partial charge in [-0.05, 0) is 41.9 Å². The van der Waals surface area contributed by atoms with Crippen molar-refractivity contribution in [1.82, 2.24) is 4.98 Å². The Labute approximate surface area is 125 Å². The Bertz CT molecular complexity index is 543.